The highest BCUT2D eigenvalue weighted by atomic mass is 16.3. The molecule has 0 bridgehead atoms. The molecule has 0 spiro atoms. The minimum atomic E-state index is -0.479. The zero-order valence-electron chi connectivity index (χ0n) is 38.6. The van der Waals surface area contributed by atoms with Gasteiger partial charge in [0.05, 0.1) is 38.7 Å². The molecule has 0 unspecified atom stereocenters. The zero-order chi connectivity index (χ0) is 44.9. The summed E-state index contributed by atoms with van der Waals surface area (Å²) < 4.78 is 87.1. The summed E-state index contributed by atoms with van der Waals surface area (Å²) in [5.41, 5.74) is 10.4. The lowest BCUT2D eigenvalue weighted by Crippen LogP contribution is -2.01. The van der Waals surface area contributed by atoms with Crippen LogP contribution >= 0.6 is 0 Å². The van der Waals surface area contributed by atoms with Crippen molar-refractivity contribution < 1.29 is 19.8 Å². The number of para-hydroxylation sites is 6. The standard InChI is InChI=1S/C54H32N2O2/c1-6-19-46-38(12-1)39-13-2-7-20-47(39)55(46)35-26-27-49-43(32-35)40-14-3-8-21-48(40)56(49)54-36(33-24-28-52-44(30-33)41-15-4-9-22-50(41)57-52)17-11-18-37(54)34-25-29-53-45(31-34)42-16-5-10-23-51(42)58-53/h1-32H/i1D,2D,6D,7D,12D,13D,19D,20D. The summed E-state index contributed by atoms with van der Waals surface area (Å²) in [5, 5.41) is 5.85. The Morgan fingerprint density at radius 3 is 1.48 bits per heavy atom. The molecule has 0 saturated carbocycles. The van der Waals surface area contributed by atoms with E-state index in [9.17, 15) is 0 Å². The molecule has 0 aliphatic carbocycles. The van der Waals surface area contributed by atoms with Gasteiger partial charge in [-0.25, -0.2) is 0 Å². The largest absolute Gasteiger partial charge is 0.456 e. The Kier molecular flexibility index (Phi) is 5.03. The second kappa shape index (κ2) is 11.8. The summed E-state index contributed by atoms with van der Waals surface area (Å²) >= 11 is 0. The molecule has 0 aliphatic rings. The van der Waals surface area contributed by atoms with Gasteiger partial charge in [0.25, 0.3) is 0 Å². The van der Waals surface area contributed by atoms with Crippen LogP contribution in [-0.4, -0.2) is 9.13 Å². The first-order chi connectivity index (χ1) is 32.1. The molecule has 0 amide bonds. The van der Waals surface area contributed by atoms with Gasteiger partial charge in [-0.1, -0.05) is 121 Å². The Morgan fingerprint density at radius 1 is 0.345 bits per heavy atom. The lowest BCUT2D eigenvalue weighted by molar-refractivity contribution is 0.668. The highest BCUT2D eigenvalue weighted by molar-refractivity contribution is 6.14. The van der Waals surface area contributed by atoms with E-state index in [0.29, 0.717) is 5.69 Å². The summed E-state index contributed by atoms with van der Waals surface area (Å²) in [4.78, 5) is 0. The van der Waals surface area contributed by atoms with Crippen LogP contribution in [0.4, 0.5) is 0 Å². The SMILES string of the molecule is [2H]c1c([2H])c([2H])c2c(c1[2H])c1c([2H])c([2H])c([2H])c([2H])c1n2-c1ccc2c(c1)c1ccccc1n2-c1c(-c2ccc3oc4ccccc4c3c2)cccc1-c1ccc2oc3ccccc3c2c1. The minimum absolute atomic E-state index is 0.0360. The van der Waals surface area contributed by atoms with Gasteiger partial charge in [0.15, 0.2) is 0 Å². The van der Waals surface area contributed by atoms with Crippen molar-refractivity contribution in [3.8, 4) is 33.6 Å². The molecule has 4 heterocycles. The molecule has 4 heteroatoms. The number of nitrogens with zero attached hydrogens (tertiary/aromatic N) is 2. The lowest BCUT2D eigenvalue weighted by atomic mass is 9.94. The van der Waals surface area contributed by atoms with Crippen molar-refractivity contribution in [3.05, 3.63) is 194 Å². The van der Waals surface area contributed by atoms with Crippen molar-refractivity contribution in [2.45, 2.75) is 0 Å². The van der Waals surface area contributed by atoms with E-state index < -0.39 is 24.2 Å². The van der Waals surface area contributed by atoms with Gasteiger partial charge in [-0.3, -0.25) is 0 Å². The van der Waals surface area contributed by atoms with Gasteiger partial charge in [-0.15, -0.1) is 0 Å². The van der Waals surface area contributed by atoms with Gasteiger partial charge in [-0.2, -0.15) is 0 Å². The normalized spacial score (nSPS) is 14.1. The van der Waals surface area contributed by atoms with Crippen LogP contribution in [-0.2, 0) is 0 Å². The van der Waals surface area contributed by atoms with E-state index in [1.165, 1.54) is 0 Å². The quantitative estimate of drug-likeness (QED) is 0.180. The summed E-state index contributed by atoms with van der Waals surface area (Å²) in [6, 6.07) is 45.7. The number of hydrogen-bond donors (Lipinski definition) is 0. The third kappa shape index (κ3) is 4.40. The first kappa shape index (κ1) is 24.6. The van der Waals surface area contributed by atoms with Crippen LogP contribution in [0.1, 0.15) is 11.0 Å². The molecular weight excluding hydrogens is 709 g/mol. The second-order valence-corrected chi connectivity index (χ2v) is 14.7. The Morgan fingerprint density at radius 2 is 0.862 bits per heavy atom. The van der Waals surface area contributed by atoms with E-state index in [-0.39, 0.29) is 46.0 Å². The molecular formula is C54H32N2O2. The van der Waals surface area contributed by atoms with E-state index in [1.54, 1.807) is 4.57 Å². The number of aromatic nitrogens is 2. The lowest BCUT2D eigenvalue weighted by Gasteiger charge is -2.19. The monoisotopic (exact) mass is 748 g/mol. The number of rotatable bonds is 4. The van der Waals surface area contributed by atoms with Crippen molar-refractivity contribution in [1.29, 1.82) is 0 Å². The van der Waals surface area contributed by atoms with Crippen LogP contribution in [0.25, 0.3) is 121 Å². The summed E-state index contributed by atoms with van der Waals surface area (Å²) in [7, 11) is 0. The zero-order valence-corrected chi connectivity index (χ0v) is 30.6. The average molecular weight is 749 g/mol. The Balaban J connectivity index is 1.14. The highest BCUT2D eigenvalue weighted by Gasteiger charge is 2.22. The molecule has 4 aromatic heterocycles. The van der Waals surface area contributed by atoms with Gasteiger partial charge in [-0.05, 0) is 83.9 Å². The molecule has 0 fully saturated rings. The Bertz CT molecular complexity index is 4080. The summed E-state index contributed by atoms with van der Waals surface area (Å²) in [6.07, 6.45) is 0. The van der Waals surface area contributed by atoms with Crippen molar-refractivity contribution in [1.82, 2.24) is 9.13 Å². The van der Waals surface area contributed by atoms with Gasteiger partial charge < -0.3 is 18.0 Å². The Labute approximate surface area is 343 Å². The third-order valence-electron chi connectivity index (χ3n) is 11.6. The molecule has 0 atom stereocenters. The van der Waals surface area contributed by atoms with Crippen LogP contribution < -0.4 is 0 Å². The van der Waals surface area contributed by atoms with E-state index in [2.05, 4.69) is 71.3 Å². The molecule has 13 aromatic rings. The van der Waals surface area contributed by atoms with Crippen LogP contribution in [0.5, 0.6) is 0 Å². The third-order valence-corrected chi connectivity index (χ3v) is 11.6. The first-order valence-electron chi connectivity index (χ1n) is 23.1. The number of furan rings is 2. The molecule has 9 aromatic carbocycles. The summed E-state index contributed by atoms with van der Waals surface area (Å²) in [6.45, 7) is 0. The maximum atomic E-state index is 9.14. The maximum Gasteiger partial charge on any atom is 0.135 e. The van der Waals surface area contributed by atoms with E-state index in [1.807, 2.05) is 78.9 Å². The van der Waals surface area contributed by atoms with Gasteiger partial charge in [0.1, 0.15) is 22.3 Å². The topological polar surface area (TPSA) is 36.1 Å². The summed E-state index contributed by atoms with van der Waals surface area (Å²) in [5.74, 6) is 0. The van der Waals surface area contributed by atoms with E-state index >= 15 is 0 Å². The smallest absolute Gasteiger partial charge is 0.135 e. The van der Waals surface area contributed by atoms with Crippen molar-refractivity contribution >= 4 is 87.5 Å². The number of hydrogen-bond acceptors (Lipinski definition) is 2. The molecule has 58 heavy (non-hydrogen) atoms. The van der Waals surface area contributed by atoms with E-state index in [4.69, 9.17) is 19.8 Å². The highest BCUT2D eigenvalue weighted by Crippen LogP contribution is 2.44. The van der Waals surface area contributed by atoms with Crippen molar-refractivity contribution in [2.24, 2.45) is 0 Å². The van der Waals surface area contributed by atoms with E-state index in [0.717, 1.165) is 93.6 Å². The Hall–Kier alpha value is -7.82. The minimum Gasteiger partial charge on any atom is -0.456 e. The van der Waals surface area contributed by atoms with Gasteiger partial charge in [0.2, 0.25) is 0 Å². The molecule has 4 nitrogen and oxygen atoms in total. The fraction of sp³-hybridized carbons (Fsp3) is 0. The molecule has 13 rings (SSSR count). The van der Waals surface area contributed by atoms with Gasteiger partial charge in [0, 0.05) is 59.9 Å². The first-order valence-corrected chi connectivity index (χ1v) is 19.1. The van der Waals surface area contributed by atoms with Crippen molar-refractivity contribution in [2.75, 3.05) is 0 Å². The molecule has 0 N–H and O–H groups in total. The molecule has 0 aliphatic heterocycles. The number of fused-ring (bicyclic) bond motifs is 12. The number of benzene rings is 9. The fourth-order valence-electron chi connectivity index (χ4n) is 9.06. The molecule has 270 valence electrons. The second-order valence-electron chi connectivity index (χ2n) is 14.7. The van der Waals surface area contributed by atoms with Crippen LogP contribution in [0, 0.1) is 0 Å². The average Bonchev–Trinajstić information content (AvgIpc) is 4.11. The fourth-order valence-corrected chi connectivity index (χ4v) is 9.06. The molecule has 0 radical (unpaired) electrons. The van der Waals surface area contributed by atoms with Gasteiger partial charge >= 0.3 is 0 Å². The van der Waals surface area contributed by atoms with Crippen LogP contribution in [0.2, 0.25) is 0 Å². The predicted octanol–water partition coefficient (Wildman–Crippen LogP) is 15.0. The predicted molar refractivity (Wildman–Crippen MR) is 241 cm³/mol. The van der Waals surface area contributed by atoms with Crippen LogP contribution in [0.3, 0.4) is 0 Å². The van der Waals surface area contributed by atoms with Crippen molar-refractivity contribution in [3.63, 3.8) is 0 Å². The van der Waals surface area contributed by atoms with Crippen LogP contribution in [0.15, 0.2) is 203 Å². The molecule has 0 saturated heterocycles. The maximum absolute atomic E-state index is 9.14.